The number of nitrogens with two attached hydrogens (primary N) is 1. The van der Waals surface area contributed by atoms with Crippen molar-refractivity contribution in [2.45, 2.75) is 12.7 Å². The van der Waals surface area contributed by atoms with E-state index in [0.717, 1.165) is 0 Å². The maximum Gasteiger partial charge on any atom is 0.399 e. The molecule has 0 radical (unpaired) electrons. The fourth-order valence-corrected chi connectivity index (χ4v) is 1.54. The number of aromatic nitrogens is 2. The van der Waals surface area contributed by atoms with Gasteiger partial charge in [0.25, 0.3) is 5.56 Å². The topological polar surface area (TPSA) is 64.2 Å². The summed E-state index contributed by atoms with van der Waals surface area (Å²) in [7, 11) is 3.38. The lowest BCUT2D eigenvalue weighted by Crippen LogP contribution is -2.40. The molecule has 1 heterocycles. The maximum absolute atomic E-state index is 12.7. The van der Waals surface area contributed by atoms with E-state index >= 15 is 0 Å². The summed E-state index contributed by atoms with van der Waals surface area (Å²) in [5.74, 6) is -2.07. The minimum atomic E-state index is -4.60. The van der Waals surface area contributed by atoms with Crippen LogP contribution in [0.1, 0.15) is 0 Å². The van der Waals surface area contributed by atoms with E-state index in [9.17, 15) is 18.0 Å². The van der Waals surface area contributed by atoms with E-state index in [1.54, 1.807) is 19.0 Å². The number of halogens is 3. The Labute approximate surface area is 112 Å². The first-order valence-electron chi connectivity index (χ1n) is 5.23. The lowest BCUT2D eigenvalue weighted by molar-refractivity contribution is -0.158. The molecule has 0 fully saturated rings. The molecule has 9 heteroatoms. The van der Waals surface area contributed by atoms with Gasteiger partial charge in [0.05, 0.1) is 23.4 Å². The molecule has 1 rings (SSSR count). The molecular weight excluding hydrogens is 281 g/mol. The van der Waals surface area contributed by atoms with Crippen LogP contribution < -0.4 is 16.2 Å². The molecule has 19 heavy (non-hydrogen) atoms. The Bertz CT molecular complexity index is 526. The zero-order chi connectivity index (χ0) is 14.8. The molecule has 1 atom stereocenters. The number of anilines is 1. The highest BCUT2D eigenvalue weighted by molar-refractivity contribution is 7.80. The Morgan fingerprint density at radius 1 is 1.58 bits per heavy atom. The lowest BCUT2D eigenvalue weighted by Gasteiger charge is -2.19. The van der Waals surface area contributed by atoms with E-state index < -0.39 is 29.2 Å². The zero-order valence-corrected chi connectivity index (χ0v) is 11.1. The molecule has 1 aromatic heterocycles. The Morgan fingerprint density at radius 2 is 2.16 bits per heavy atom. The van der Waals surface area contributed by atoms with E-state index in [1.165, 1.54) is 12.3 Å². The van der Waals surface area contributed by atoms with Crippen LogP contribution in [0.15, 0.2) is 17.1 Å². The molecule has 1 aromatic rings. The van der Waals surface area contributed by atoms with Gasteiger partial charge in [0.2, 0.25) is 0 Å². The smallest absolute Gasteiger partial charge is 0.393 e. The van der Waals surface area contributed by atoms with Crippen molar-refractivity contribution in [1.29, 1.82) is 0 Å². The van der Waals surface area contributed by atoms with Gasteiger partial charge in [-0.25, -0.2) is 4.68 Å². The summed E-state index contributed by atoms with van der Waals surface area (Å²) in [4.78, 5) is 12.6. The SMILES string of the molecule is CN(C)c1cnn(CC(C(N)=S)C(F)(F)F)c(=O)c1. The first-order valence-corrected chi connectivity index (χ1v) is 5.64. The number of alkyl halides is 3. The summed E-state index contributed by atoms with van der Waals surface area (Å²) >= 11 is 4.38. The van der Waals surface area contributed by atoms with E-state index in [2.05, 4.69) is 17.3 Å². The van der Waals surface area contributed by atoms with Crippen LogP contribution in [0.5, 0.6) is 0 Å². The van der Waals surface area contributed by atoms with Crippen molar-refractivity contribution in [1.82, 2.24) is 9.78 Å². The third-order valence-corrected chi connectivity index (χ3v) is 2.75. The first kappa shape index (κ1) is 15.4. The second-order valence-electron chi connectivity index (χ2n) is 4.13. The molecule has 0 saturated heterocycles. The summed E-state index contributed by atoms with van der Waals surface area (Å²) in [6.07, 6.45) is -3.30. The van der Waals surface area contributed by atoms with Crippen LogP contribution in [0, 0.1) is 5.92 Å². The summed E-state index contributed by atoms with van der Waals surface area (Å²) in [5.41, 5.74) is 4.92. The average molecular weight is 294 g/mol. The second-order valence-corrected chi connectivity index (χ2v) is 4.60. The van der Waals surface area contributed by atoms with E-state index in [4.69, 9.17) is 5.73 Å². The molecule has 2 N–H and O–H groups in total. The van der Waals surface area contributed by atoms with Gasteiger partial charge in [-0.1, -0.05) is 12.2 Å². The van der Waals surface area contributed by atoms with Crippen LogP contribution in [-0.2, 0) is 6.54 Å². The van der Waals surface area contributed by atoms with Gasteiger partial charge in [-0.3, -0.25) is 4.79 Å². The predicted molar refractivity (Wildman–Crippen MR) is 69.2 cm³/mol. The molecule has 0 bridgehead atoms. The molecule has 0 amide bonds. The molecule has 0 aliphatic rings. The number of nitrogens with zero attached hydrogens (tertiary/aromatic N) is 3. The molecule has 0 spiro atoms. The van der Waals surface area contributed by atoms with Crippen molar-refractivity contribution < 1.29 is 13.2 Å². The van der Waals surface area contributed by atoms with E-state index in [1.807, 2.05) is 0 Å². The lowest BCUT2D eigenvalue weighted by atomic mass is 10.1. The van der Waals surface area contributed by atoms with Gasteiger partial charge in [-0.05, 0) is 0 Å². The molecule has 0 aliphatic heterocycles. The summed E-state index contributed by atoms with van der Waals surface area (Å²) in [5, 5.41) is 3.68. The van der Waals surface area contributed by atoms with E-state index in [-0.39, 0.29) is 0 Å². The Morgan fingerprint density at radius 3 is 2.53 bits per heavy atom. The highest BCUT2D eigenvalue weighted by atomic mass is 32.1. The van der Waals surface area contributed by atoms with Gasteiger partial charge < -0.3 is 10.6 Å². The molecule has 106 valence electrons. The van der Waals surface area contributed by atoms with E-state index in [0.29, 0.717) is 10.4 Å². The van der Waals surface area contributed by atoms with Crippen molar-refractivity contribution in [3.63, 3.8) is 0 Å². The first-order chi connectivity index (χ1) is 8.62. The molecule has 1 unspecified atom stereocenters. The summed E-state index contributed by atoms with van der Waals surface area (Å²) < 4.78 is 38.7. The minimum Gasteiger partial charge on any atom is -0.393 e. The number of thiocarbonyl (C=S) groups is 1. The Balaban J connectivity index is 3.05. The fraction of sp³-hybridized carbons (Fsp3) is 0.500. The van der Waals surface area contributed by atoms with Crippen molar-refractivity contribution in [3.8, 4) is 0 Å². The standard InChI is InChI=1S/C10H13F3N4OS/c1-16(2)6-3-8(18)17(15-4-6)5-7(9(14)19)10(11,12)13/h3-4,7H,5H2,1-2H3,(H2,14,19). The van der Waals surface area contributed by atoms with Crippen LogP contribution >= 0.6 is 12.2 Å². The second kappa shape index (κ2) is 5.55. The largest absolute Gasteiger partial charge is 0.399 e. The monoisotopic (exact) mass is 294 g/mol. The third-order valence-electron chi connectivity index (χ3n) is 2.47. The number of hydrogen-bond donors (Lipinski definition) is 1. The number of rotatable bonds is 4. The van der Waals surface area contributed by atoms with Crippen LogP contribution in [0.2, 0.25) is 0 Å². The van der Waals surface area contributed by atoms with Crippen molar-refractivity contribution in [2.75, 3.05) is 19.0 Å². The molecule has 0 saturated carbocycles. The van der Waals surface area contributed by atoms with Crippen LogP contribution in [0.25, 0.3) is 0 Å². The highest BCUT2D eigenvalue weighted by Gasteiger charge is 2.42. The molecule has 5 nitrogen and oxygen atoms in total. The normalized spacial score (nSPS) is 13.1. The Hall–Kier alpha value is -1.64. The zero-order valence-electron chi connectivity index (χ0n) is 10.3. The van der Waals surface area contributed by atoms with Crippen molar-refractivity contribution >= 4 is 22.9 Å². The van der Waals surface area contributed by atoms with Gasteiger partial charge in [-0.2, -0.15) is 18.3 Å². The molecule has 0 aromatic carbocycles. The minimum absolute atomic E-state index is 0.500. The average Bonchev–Trinajstić information content (AvgIpc) is 2.24. The van der Waals surface area contributed by atoms with Crippen LogP contribution in [-0.4, -0.2) is 35.0 Å². The van der Waals surface area contributed by atoms with Gasteiger partial charge in [0.1, 0.15) is 5.92 Å². The summed E-state index contributed by atoms with van der Waals surface area (Å²) in [6, 6.07) is 1.19. The van der Waals surface area contributed by atoms with Crippen LogP contribution in [0.4, 0.5) is 18.9 Å². The quantitative estimate of drug-likeness (QED) is 0.831. The van der Waals surface area contributed by atoms with Gasteiger partial charge in [0, 0.05) is 20.2 Å². The molecular formula is C10H13F3N4OS. The van der Waals surface area contributed by atoms with Gasteiger partial charge in [0.15, 0.2) is 0 Å². The van der Waals surface area contributed by atoms with Crippen LogP contribution in [0.3, 0.4) is 0 Å². The Kier molecular flexibility index (Phi) is 4.51. The van der Waals surface area contributed by atoms with Gasteiger partial charge in [-0.15, -0.1) is 0 Å². The molecule has 0 aliphatic carbocycles. The summed E-state index contributed by atoms with van der Waals surface area (Å²) in [6.45, 7) is -0.717. The van der Waals surface area contributed by atoms with Crippen molar-refractivity contribution in [2.24, 2.45) is 11.7 Å². The predicted octanol–water partition coefficient (Wildman–Crippen LogP) is 0.774. The third kappa shape index (κ3) is 3.91. The maximum atomic E-state index is 12.7. The fourth-order valence-electron chi connectivity index (χ4n) is 1.33. The van der Waals surface area contributed by atoms with Gasteiger partial charge >= 0.3 is 6.18 Å². The number of hydrogen-bond acceptors (Lipinski definition) is 4. The van der Waals surface area contributed by atoms with Crippen molar-refractivity contribution in [3.05, 3.63) is 22.6 Å². The highest BCUT2D eigenvalue weighted by Crippen LogP contribution is 2.27.